The minimum Gasteiger partial charge on any atom is -0.365 e. The van der Waals surface area contributed by atoms with Crippen molar-refractivity contribution in [3.63, 3.8) is 0 Å². The van der Waals surface area contributed by atoms with Crippen molar-refractivity contribution in [1.82, 2.24) is 14.7 Å². The maximum absolute atomic E-state index is 12.3. The zero-order chi connectivity index (χ0) is 14.7. The molecule has 0 N–H and O–H groups in total. The van der Waals surface area contributed by atoms with Gasteiger partial charge in [-0.2, -0.15) is 5.10 Å². The van der Waals surface area contributed by atoms with Gasteiger partial charge in [-0.05, 0) is 11.8 Å². The molecular formula is C15H26N4O. The average Bonchev–Trinajstić information content (AvgIpc) is 2.85. The molecule has 2 rings (SSSR count). The largest absolute Gasteiger partial charge is 0.365 e. The lowest BCUT2D eigenvalue weighted by Crippen LogP contribution is -2.49. The number of piperazine rings is 1. The Morgan fingerprint density at radius 1 is 1.25 bits per heavy atom. The lowest BCUT2D eigenvalue weighted by Gasteiger charge is -2.36. The molecule has 20 heavy (non-hydrogen) atoms. The highest BCUT2D eigenvalue weighted by Crippen LogP contribution is 2.18. The Balaban J connectivity index is 1.83. The molecule has 1 unspecified atom stereocenters. The van der Waals surface area contributed by atoms with Gasteiger partial charge < -0.3 is 9.80 Å². The second kappa shape index (κ2) is 6.29. The first-order chi connectivity index (χ1) is 9.47. The standard InChI is InChI=1S/C15H26N4O/c1-12(2)13(3)9-15(20)19-7-5-18(6-8-19)14-10-16-17(4)11-14/h10-13H,5-9H2,1-4H3. The molecule has 112 valence electrons. The molecule has 1 amide bonds. The van der Waals surface area contributed by atoms with Crippen LogP contribution in [0.1, 0.15) is 27.2 Å². The van der Waals surface area contributed by atoms with Gasteiger partial charge in [-0.3, -0.25) is 9.48 Å². The molecule has 1 fully saturated rings. The number of hydrogen-bond acceptors (Lipinski definition) is 3. The van der Waals surface area contributed by atoms with Crippen LogP contribution in [0.5, 0.6) is 0 Å². The fourth-order valence-corrected chi connectivity index (χ4v) is 2.43. The monoisotopic (exact) mass is 278 g/mol. The number of nitrogens with zero attached hydrogens (tertiary/aromatic N) is 4. The van der Waals surface area contributed by atoms with Gasteiger partial charge in [0, 0.05) is 45.8 Å². The quantitative estimate of drug-likeness (QED) is 0.842. The first-order valence-electron chi connectivity index (χ1n) is 7.48. The Bertz CT molecular complexity index is 446. The third-order valence-corrected chi connectivity index (χ3v) is 4.32. The molecule has 0 radical (unpaired) electrons. The maximum Gasteiger partial charge on any atom is 0.222 e. The highest BCUT2D eigenvalue weighted by atomic mass is 16.2. The van der Waals surface area contributed by atoms with Crippen molar-refractivity contribution in [2.75, 3.05) is 31.1 Å². The van der Waals surface area contributed by atoms with Crippen molar-refractivity contribution < 1.29 is 4.79 Å². The summed E-state index contributed by atoms with van der Waals surface area (Å²) < 4.78 is 1.82. The van der Waals surface area contributed by atoms with E-state index in [4.69, 9.17) is 0 Å². The van der Waals surface area contributed by atoms with Crippen molar-refractivity contribution >= 4 is 11.6 Å². The SMILES string of the molecule is CC(C)C(C)CC(=O)N1CCN(c2cnn(C)c2)CC1. The summed E-state index contributed by atoms with van der Waals surface area (Å²) in [6.07, 6.45) is 4.58. The van der Waals surface area contributed by atoms with Crippen molar-refractivity contribution in [3.05, 3.63) is 12.4 Å². The highest BCUT2D eigenvalue weighted by molar-refractivity contribution is 5.76. The average molecular weight is 278 g/mol. The second-order valence-electron chi connectivity index (χ2n) is 6.17. The molecule has 1 atom stereocenters. The summed E-state index contributed by atoms with van der Waals surface area (Å²) in [6, 6.07) is 0. The molecule has 1 saturated heterocycles. The third kappa shape index (κ3) is 3.52. The molecule has 0 aliphatic carbocycles. The molecule has 1 aromatic heterocycles. The van der Waals surface area contributed by atoms with Crippen LogP contribution in [0.4, 0.5) is 5.69 Å². The number of hydrogen-bond donors (Lipinski definition) is 0. The fourth-order valence-electron chi connectivity index (χ4n) is 2.43. The van der Waals surface area contributed by atoms with Crippen molar-refractivity contribution in [2.45, 2.75) is 27.2 Å². The van der Waals surface area contributed by atoms with E-state index >= 15 is 0 Å². The van der Waals surface area contributed by atoms with Gasteiger partial charge in [-0.15, -0.1) is 0 Å². The summed E-state index contributed by atoms with van der Waals surface area (Å²) in [7, 11) is 1.93. The number of carbonyl (C=O) groups excluding carboxylic acids is 1. The molecule has 0 bridgehead atoms. The zero-order valence-corrected chi connectivity index (χ0v) is 13.0. The summed E-state index contributed by atoms with van der Waals surface area (Å²) in [4.78, 5) is 16.6. The number of aryl methyl sites for hydroxylation is 1. The maximum atomic E-state index is 12.3. The smallest absolute Gasteiger partial charge is 0.222 e. The molecule has 1 aromatic rings. The van der Waals surface area contributed by atoms with Gasteiger partial charge in [0.2, 0.25) is 5.91 Å². The van der Waals surface area contributed by atoms with Crippen molar-refractivity contribution in [3.8, 4) is 0 Å². The summed E-state index contributed by atoms with van der Waals surface area (Å²) >= 11 is 0. The minimum atomic E-state index is 0.303. The summed E-state index contributed by atoms with van der Waals surface area (Å²) in [5, 5.41) is 4.20. The van der Waals surface area contributed by atoms with Gasteiger partial charge in [0.1, 0.15) is 0 Å². The summed E-state index contributed by atoms with van der Waals surface area (Å²) in [5.74, 6) is 1.33. The van der Waals surface area contributed by atoms with Crippen LogP contribution in [0.15, 0.2) is 12.4 Å². The predicted molar refractivity (Wildman–Crippen MR) is 80.6 cm³/mol. The van der Waals surface area contributed by atoms with E-state index in [-0.39, 0.29) is 0 Å². The Kier molecular flexibility index (Phi) is 4.68. The molecule has 1 aliphatic heterocycles. The zero-order valence-electron chi connectivity index (χ0n) is 13.0. The Labute approximate surface area is 121 Å². The lowest BCUT2D eigenvalue weighted by atomic mass is 9.94. The lowest BCUT2D eigenvalue weighted by molar-refractivity contribution is -0.132. The molecule has 5 nitrogen and oxygen atoms in total. The molecule has 1 aliphatic rings. The normalized spacial score (nSPS) is 17.6. The number of aromatic nitrogens is 2. The van der Waals surface area contributed by atoms with E-state index in [0.29, 0.717) is 24.2 Å². The van der Waals surface area contributed by atoms with Gasteiger partial charge in [-0.1, -0.05) is 20.8 Å². The van der Waals surface area contributed by atoms with Gasteiger partial charge in [-0.25, -0.2) is 0 Å². The van der Waals surface area contributed by atoms with Crippen molar-refractivity contribution in [2.24, 2.45) is 18.9 Å². The molecule has 5 heteroatoms. The van der Waals surface area contributed by atoms with E-state index in [1.807, 2.05) is 29.0 Å². The number of rotatable bonds is 4. The molecule has 0 aromatic carbocycles. The summed E-state index contributed by atoms with van der Waals surface area (Å²) in [5.41, 5.74) is 1.15. The Hall–Kier alpha value is -1.52. The van der Waals surface area contributed by atoms with E-state index in [0.717, 1.165) is 31.9 Å². The molecular weight excluding hydrogens is 252 g/mol. The van der Waals surface area contributed by atoms with E-state index < -0.39 is 0 Å². The van der Waals surface area contributed by atoms with Crippen LogP contribution in [0.2, 0.25) is 0 Å². The predicted octanol–water partition coefficient (Wildman–Crippen LogP) is 1.75. The molecule has 0 saturated carbocycles. The number of amides is 1. The third-order valence-electron chi connectivity index (χ3n) is 4.32. The minimum absolute atomic E-state index is 0.303. The number of carbonyl (C=O) groups is 1. The number of anilines is 1. The van der Waals surface area contributed by atoms with Gasteiger partial charge in [0.05, 0.1) is 11.9 Å². The fraction of sp³-hybridized carbons (Fsp3) is 0.733. The van der Waals surface area contributed by atoms with Crippen LogP contribution in [0.3, 0.4) is 0 Å². The van der Waals surface area contributed by atoms with E-state index in [1.54, 1.807) is 0 Å². The topological polar surface area (TPSA) is 41.4 Å². The van der Waals surface area contributed by atoms with Crippen LogP contribution in [-0.2, 0) is 11.8 Å². The first-order valence-corrected chi connectivity index (χ1v) is 7.48. The summed E-state index contributed by atoms with van der Waals surface area (Å²) in [6.45, 7) is 9.95. The van der Waals surface area contributed by atoms with E-state index in [9.17, 15) is 4.79 Å². The van der Waals surface area contributed by atoms with Crippen LogP contribution in [-0.4, -0.2) is 46.8 Å². The molecule has 2 heterocycles. The first kappa shape index (κ1) is 14.9. The van der Waals surface area contributed by atoms with Crippen LogP contribution < -0.4 is 4.90 Å². The van der Waals surface area contributed by atoms with Gasteiger partial charge >= 0.3 is 0 Å². The van der Waals surface area contributed by atoms with Crippen LogP contribution >= 0.6 is 0 Å². The second-order valence-corrected chi connectivity index (χ2v) is 6.17. The Morgan fingerprint density at radius 2 is 1.90 bits per heavy atom. The molecule has 0 spiro atoms. The van der Waals surface area contributed by atoms with E-state index in [2.05, 4.69) is 30.8 Å². The van der Waals surface area contributed by atoms with Crippen LogP contribution in [0, 0.1) is 11.8 Å². The van der Waals surface area contributed by atoms with Crippen molar-refractivity contribution in [1.29, 1.82) is 0 Å². The van der Waals surface area contributed by atoms with Gasteiger partial charge in [0.15, 0.2) is 0 Å². The van der Waals surface area contributed by atoms with E-state index in [1.165, 1.54) is 0 Å². The highest BCUT2D eigenvalue weighted by Gasteiger charge is 2.23. The van der Waals surface area contributed by atoms with Crippen LogP contribution in [0.25, 0.3) is 0 Å². The van der Waals surface area contributed by atoms with Gasteiger partial charge in [0.25, 0.3) is 0 Å². The Morgan fingerprint density at radius 3 is 2.40 bits per heavy atom.